The van der Waals surface area contributed by atoms with Crippen LogP contribution in [0, 0.1) is 0 Å². The Hall–Kier alpha value is -2.33. The van der Waals surface area contributed by atoms with Crippen LogP contribution >= 0.6 is 11.6 Å². The molecule has 0 unspecified atom stereocenters. The fourth-order valence-electron chi connectivity index (χ4n) is 2.24. The summed E-state index contributed by atoms with van der Waals surface area (Å²) in [5.74, 6) is 0.581. The number of nitrogens with one attached hydrogen (secondary N) is 1. The van der Waals surface area contributed by atoms with Gasteiger partial charge in [0.15, 0.2) is 0 Å². The van der Waals surface area contributed by atoms with Gasteiger partial charge in [0.05, 0.1) is 18.5 Å². The van der Waals surface area contributed by atoms with E-state index in [1.165, 1.54) is 0 Å². The first-order chi connectivity index (χ1) is 10.2. The molecule has 106 valence electrons. The highest BCUT2D eigenvalue weighted by Gasteiger charge is 2.18. The maximum Gasteiger partial charge on any atom is 0.246 e. The Morgan fingerprint density at radius 2 is 1.95 bits per heavy atom. The van der Waals surface area contributed by atoms with Crippen molar-refractivity contribution >= 4 is 28.9 Å². The average Bonchev–Trinajstić information content (AvgIpc) is 2.66. The highest BCUT2D eigenvalue weighted by molar-refractivity contribution is 6.30. The number of hydrogen-bond acceptors (Lipinski definition) is 3. The number of aliphatic imine (C=N–C) groups is 1. The van der Waals surface area contributed by atoms with Crippen molar-refractivity contribution in [3.8, 4) is 5.75 Å². The summed E-state index contributed by atoms with van der Waals surface area (Å²) in [6, 6.07) is 12.9. The molecule has 0 aromatic heterocycles. The zero-order valence-electron chi connectivity index (χ0n) is 11.4. The Balaban J connectivity index is 2.16. The summed E-state index contributed by atoms with van der Waals surface area (Å²) in [5.41, 5.74) is 3.22. The van der Waals surface area contributed by atoms with Crippen molar-refractivity contribution in [2.24, 2.45) is 4.99 Å². The molecular weight excluding hydrogens is 288 g/mol. The zero-order valence-corrected chi connectivity index (χ0v) is 12.1. The second-order valence-corrected chi connectivity index (χ2v) is 5.07. The molecule has 21 heavy (non-hydrogen) atoms. The van der Waals surface area contributed by atoms with Crippen LogP contribution in [0.3, 0.4) is 0 Å². The first-order valence-corrected chi connectivity index (χ1v) is 6.84. The molecule has 0 aliphatic carbocycles. The van der Waals surface area contributed by atoms with Crippen LogP contribution < -0.4 is 10.1 Å². The van der Waals surface area contributed by atoms with Gasteiger partial charge in [-0.25, -0.2) is 0 Å². The number of fused-ring (bicyclic) bond motifs is 1. The lowest BCUT2D eigenvalue weighted by Gasteiger charge is -2.11. The summed E-state index contributed by atoms with van der Waals surface area (Å²) in [6.45, 7) is 0.0922. The van der Waals surface area contributed by atoms with Crippen molar-refractivity contribution < 1.29 is 9.53 Å². The van der Waals surface area contributed by atoms with Crippen molar-refractivity contribution in [1.82, 2.24) is 0 Å². The van der Waals surface area contributed by atoms with E-state index in [1.54, 1.807) is 19.2 Å². The molecule has 0 fully saturated rings. The third-order valence-electron chi connectivity index (χ3n) is 3.25. The van der Waals surface area contributed by atoms with Gasteiger partial charge in [-0.15, -0.1) is 0 Å². The van der Waals surface area contributed by atoms with Gasteiger partial charge >= 0.3 is 0 Å². The van der Waals surface area contributed by atoms with E-state index in [1.807, 2.05) is 30.3 Å². The molecule has 4 nitrogen and oxygen atoms in total. The minimum absolute atomic E-state index is 0.0922. The van der Waals surface area contributed by atoms with Gasteiger partial charge in [0.2, 0.25) is 5.91 Å². The molecule has 1 N–H and O–H groups in total. The van der Waals surface area contributed by atoms with Gasteiger partial charge in [-0.2, -0.15) is 0 Å². The second kappa shape index (κ2) is 5.58. The minimum Gasteiger partial charge on any atom is -0.497 e. The molecule has 1 aliphatic heterocycles. The third kappa shape index (κ3) is 2.76. The van der Waals surface area contributed by atoms with Crippen molar-refractivity contribution in [1.29, 1.82) is 0 Å². The second-order valence-electron chi connectivity index (χ2n) is 4.63. The molecule has 0 radical (unpaired) electrons. The molecule has 1 amide bonds. The summed E-state index contributed by atoms with van der Waals surface area (Å²) < 4.78 is 5.26. The van der Waals surface area contributed by atoms with Crippen LogP contribution in [-0.4, -0.2) is 25.3 Å². The summed E-state index contributed by atoms with van der Waals surface area (Å²) in [7, 11) is 1.61. The van der Waals surface area contributed by atoms with Gasteiger partial charge in [0.1, 0.15) is 12.3 Å². The number of hydrogen-bond donors (Lipinski definition) is 1. The lowest BCUT2D eigenvalue weighted by molar-refractivity contribution is -0.114. The van der Waals surface area contributed by atoms with E-state index < -0.39 is 0 Å². The number of ether oxygens (including phenoxy) is 1. The van der Waals surface area contributed by atoms with Crippen LogP contribution in [-0.2, 0) is 4.79 Å². The predicted molar refractivity (Wildman–Crippen MR) is 83.6 cm³/mol. The van der Waals surface area contributed by atoms with Crippen molar-refractivity contribution in [2.75, 3.05) is 19.0 Å². The van der Waals surface area contributed by atoms with Gasteiger partial charge in [-0.05, 0) is 30.3 Å². The van der Waals surface area contributed by atoms with E-state index in [-0.39, 0.29) is 12.5 Å². The number of methoxy groups -OCH3 is 1. The number of halogens is 1. The molecule has 2 aromatic carbocycles. The van der Waals surface area contributed by atoms with Crippen LogP contribution in [0.15, 0.2) is 47.5 Å². The van der Waals surface area contributed by atoms with Crippen LogP contribution in [0.4, 0.5) is 5.69 Å². The van der Waals surface area contributed by atoms with E-state index in [0.717, 1.165) is 22.5 Å². The first kappa shape index (κ1) is 13.6. The highest BCUT2D eigenvalue weighted by Crippen LogP contribution is 2.27. The largest absolute Gasteiger partial charge is 0.497 e. The normalized spacial score (nSPS) is 13.8. The number of benzodiazepines with no additional fused rings is 1. The summed E-state index contributed by atoms with van der Waals surface area (Å²) >= 11 is 5.93. The lowest BCUT2D eigenvalue weighted by Crippen LogP contribution is -2.13. The van der Waals surface area contributed by atoms with Crippen molar-refractivity contribution in [3.05, 3.63) is 58.6 Å². The monoisotopic (exact) mass is 300 g/mol. The average molecular weight is 301 g/mol. The summed E-state index contributed by atoms with van der Waals surface area (Å²) in [6.07, 6.45) is 0. The molecule has 0 saturated heterocycles. The number of benzene rings is 2. The molecule has 1 aliphatic rings. The number of carbonyl (C=O) groups excluding carboxylic acids is 1. The molecule has 2 aromatic rings. The molecule has 5 heteroatoms. The fourth-order valence-corrected chi connectivity index (χ4v) is 2.36. The van der Waals surface area contributed by atoms with E-state index in [9.17, 15) is 4.79 Å². The Morgan fingerprint density at radius 1 is 1.19 bits per heavy atom. The predicted octanol–water partition coefficient (Wildman–Crippen LogP) is 3.14. The molecule has 0 spiro atoms. The van der Waals surface area contributed by atoms with Crippen LogP contribution in [0.25, 0.3) is 0 Å². The standard InChI is InChI=1S/C16H13ClN2O2/c1-21-12-6-7-14-13(8-12)16(18-9-15(20)19-14)10-2-4-11(17)5-3-10/h2-8H,9H2,1H3,(H,19,20). The Labute approximate surface area is 127 Å². The van der Waals surface area contributed by atoms with Gasteiger partial charge in [-0.3, -0.25) is 9.79 Å². The quantitative estimate of drug-likeness (QED) is 0.926. The maximum absolute atomic E-state index is 11.8. The van der Waals surface area contributed by atoms with Crippen molar-refractivity contribution in [2.45, 2.75) is 0 Å². The Morgan fingerprint density at radius 3 is 2.67 bits per heavy atom. The molecule has 3 rings (SSSR count). The van der Waals surface area contributed by atoms with E-state index in [4.69, 9.17) is 16.3 Å². The highest BCUT2D eigenvalue weighted by atomic mass is 35.5. The Kier molecular flexibility index (Phi) is 3.62. The number of rotatable bonds is 2. The molecular formula is C16H13ClN2O2. The minimum atomic E-state index is -0.134. The van der Waals surface area contributed by atoms with Crippen LogP contribution in [0.5, 0.6) is 5.75 Å². The Bertz CT molecular complexity index is 724. The van der Waals surface area contributed by atoms with Gasteiger partial charge in [0, 0.05) is 16.1 Å². The summed E-state index contributed by atoms with van der Waals surface area (Å²) in [4.78, 5) is 16.2. The van der Waals surface area contributed by atoms with Crippen LogP contribution in [0.1, 0.15) is 11.1 Å². The lowest BCUT2D eigenvalue weighted by atomic mass is 10.0. The molecule has 0 saturated carbocycles. The van der Waals surface area contributed by atoms with E-state index >= 15 is 0 Å². The number of nitrogens with zero attached hydrogens (tertiary/aromatic N) is 1. The fraction of sp³-hybridized carbons (Fsp3) is 0.125. The third-order valence-corrected chi connectivity index (χ3v) is 3.51. The number of carbonyl (C=O) groups is 1. The first-order valence-electron chi connectivity index (χ1n) is 6.46. The van der Waals surface area contributed by atoms with Crippen LogP contribution in [0.2, 0.25) is 5.02 Å². The molecule has 1 heterocycles. The van der Waals surface area contributed by atoms with Crippen molar-refractivity contribution in [3.63, 3.8) is 0 Å². The topological polar surface area (TPSA) is 50.7 Å². The van der Waals surface area contributed by atoms with E-state index in [0.29, 0.717) is 10.8 Å². The maximum atomic E-state index is 11.8. The number of amides is 1. The van der Waals surface area contributed by atoms with Gasteiger partial charge in [0.25, 0.3) is 0 Å². The zero-order chi connectivity index (χ0) is 14.8. The smallest absolute Gasteiger partial charge is 0.246 e. The van der Waals surface area contributed by atoms with Gasteiger partial charge < -0.3 is 10.1 Å². The van der Waals surface area contributed by atoms with Gasteiger partial charge in [-0.1, -0.05) is 23.7 Å². The summed E-state index contributed by atoms with van der Waals surface area (Å²) in [5, 5.41) is 3.51. The number of anilines is 1. The molecule has 0 atom stereocenters. The SMILES string of the molecule is COc1ccc2c(c1)C(c1ccc(Cl)cc1)=NCC(=O)N2. The van der Waals surface area contributed by atoms with E-state index in [2.05, 4.69) is 10.3 Å². The molecule has 0 bridgehead atoms.